The molecule has 9 heteroatoms. The van der Waals surface area contributed by atoms with Crippen molar-refractivity contribution in [3.8, 4) is 5.75 Å². The molecule has 2 rings (SSSR count). The van der Waals surface area contributed by atoms with Crippen LogP contribution in [0.1, 0.15) is 21.9 Å². The molecule has 0 aliphatic carbocycles. The van der Waals surface area contributed by atoms with Gasteiger partial charge >= 0.3 is 5.97 Å². The maximum atomic E-state index is 13.6. The van der Waals surface area contributed by atoms with Gasteiger partial charge in [-0.05, 0) is 31.2 Å². The first-order valence-electron chi connectivity index (χ1n) is 6.40. The second kappa shape index (κ2) is 6.39. The van der Waals surface area contributed by atoms with E-state index in [-0.39, 0.29) is 34.3 Å². The third-order valence-corrected chi connectivity index (χ3v) is 4.47. The van der Waals surface area contributed by atoms with Gasteiger partial charge in [-0.1, -0.05) is 0 Å². The van der Waals surface area contributed by atoms with E-state index in [4.69, 9.17) is 14.3 Å². The largest absolute Gasteiger partial charge is 0.494 e. The fourth-order valence-electron chi connectivity index (χ4n) is 1.91. The number of ether oxygens (including phenoxy) is 1. The summed E-state index contributed by atoms with van der Waals surface area (Å²) >= 11 is 0. The number of carboxylic acids is 1. The Morgan fingerprint density at radius 2 is 2.09 bits per heavy atom. The Balaban J connectivity index is 2.17. The fraction of sp³-hybridized carbons (Fsp3) is 0.214. The quantitative estimate of drug-likeness (QED) is 0.830. The Bertz CT molecular complexity index is 843. The number of hydrogen-bond donors (Lipinski definition) is 2. The molecule has 0 saturated heterocycles. The molecule has 0 atom stereocenters. The van der Waals surface area contributed by atoms with Crippen molar-refractivity contribution in [3.63, 3.8) is 0 Å². The second-order valence-corrected chi connectivity index (χ2v) is 6.38. The minimum atomic E-state index is -3.98. The lowest BCUT2D eigenvalue weighted by Gasteiger charge is -2.07. The zero-order chi connectivity index (χ0) is 17.2. The summed E-state index contributed by atoms with van der Waals surface area (Å²) < 4.78 is 49.9. The van der Waals surface area contributed by atoms with Gasteiger partial charge < -0.3 is 14.3 Å². The van der Waals surface area contributed by atoms with Gasteiger partial charge in [-0.25, -0.2) is 22.3 Å². The number of carboxylic acid groups (broad SMARTS) is 1. The second-order valence-electron chi connectivity index (χ2n) is 4.61. The highest BCUT2D eigenvalue weighted by molar-refractivity contribution is 7.89. The molecule has 0 spiro atoms. The van der Waals surface area contributed by atoms with Gasteiger partial charge in [0.15, 0.2) is 11.6 Å². The molecule has 0 amide bonds. The van der Waals surface area contributed by atoms with Crippen LogP contribution in [-0.4, -0.2) is 26.6 Å². The van der Waals surface area contributed by atoms with Crippen molar-refractivity contribution >= 4 is 16.0 Å². The van der Waals surface area contributed by atoms with Crippen LogP contribution in [0.2, 0.25) is 0 Å². The first-order valence-corrected chi connectivity index (χ1v) is 7.88. The molecule has 1 heterocycles. The van der Waals surface area contributed by atoms with E-state index in [0.717, 1.165) is 6.07 Å². The zero-order valence-corrected chi connectivity index (χ0v) is 13.1. The summed E-state index contributed by atoms with van der Waals surface area (Å²) in [7, 11) is -2.71. The Labute approximate surface area is 131 Å². The van der Waals surface area contributed by atoms with Gasteiger partial charge in [-0.3, -0.25) is 0 Å². The number of halogens is 1. The van der Waals surface area contributed by atoms with Crippen molar-refractivity contribution in [2.75, 3.05) is 7.11 Å². The first kappa shape index (κ1) is 17.0. The van der Waals surface area contributed by atoms with Crippen LogP contribution in [0, 0.1) is 12.7 Å². The number of furan rings is 1. The average Bonchev–Trinajstić information content (AvgIpc) is 2.86. The number of rotatable bonds is 6. The number of hydrogen-bond acceptors (Lipinski definition) is 5. The SMILES string of the molecule is COc1ccc(S(=O)(=O)NCc2cc(C(=O)O)c(C)o2)cc1F. The molecule has 23 heavy (non-hydrogen) atoms. The minimum absolute atomic E-state index is 0.0466. The molecule has 2 aromatic rings. The first-order chi connectivity index (χ1) is 10.7. The standard InChI is InChI=1S/C14H14FNO6S/c1-8-11(14(17)18)5-9(22-8)7-16-23(19,20)10-3-4-13(21-2)12(15)6-10/h3-6,16H,7H2,1-2H3,(H,17,18). The molecule has 1 aromatic carbocycles. The Morgan fingerprint density at radius 1 is 1.39 bits per heavy atom. The molecule has 2 N–H and O–H groups in total. The summed E-state index contributed by atoms with van der Waals surface area (Å²) in [5.41, 5.74) is -0.0466. The number of sulfonamides is 1. The van der Waals surface area contributed by atoms with Crippen molar-refractivity contribution in [1.29, 1.82) is 0 Å². The topological polar surface area (TPSA) is 106 Å². The predicted octanol–water partition coefficient (Wildman–Crippen LogP) is 1.91. The molecular weight excluding hydrogens is 329 g/mol. The van der Waals surface area contributed by atoms with Crippen molar-refractivity contribution in [1.82, 2.24) is 4.72 Å². The smallest absolute Gasteiger partial charge is 0.339 e. The highest BCUT2D eigenvalue weighted by Gasteiger charge is 2.19. The van der Waals surface area contributed by atoms with Crippen molar-refractivity contribution < 1.29 is 31.9 Å². The summed E-state index contributed by atoms with van der Waals surface area (Å²) in [6.07, 6.45) is 0. The van der Waals surface area contributed by atoms with Gasteiger partial charge in [0.25, 0.3) is 0 Å². The van der Waals surface area contributed by atoms with E-state index in [1.54, 1.807) is 0 Å². The maximum absolute atomic E-state index is 13.6. The maximum Gasteiger partial charge on any atom is 0.339 e. The molecule has 124 valence electrons. The van der Waals surface area contributed by atoms with Crippen LogP contribution >= 0.6 is 0 Å². The third kappa shape index (κ3) is 3.69. The van der Waals surface area contributed by atoms with Gasteiger partial charge in [-0.2, -0.15) is 0 Å². The average molecular weight is 343 g/mol. The zero-order valence-electron chi connectivity index (χ0n) is 12.3. The Morgan fingerprint density at radius 3 is 2.61 bits per heavy atom. The van der Waals surface area contributed by atoms with Crippen molar-refractivity contribution in [3.05, 3.63) is 47.2 Å². The van der Waals surface area contributed by atoms with E-state index in [9.17, 15) is 17.6 Å². The predicted molar refractivity (Wildman–Crippen MR) is 77.4 cm³/mol. The van der Waals surface area contributed by atoms with E-state index in [2.05, 4.69) is 4.72 Å². The van der Waals surface area contributed by atoms with Crippen LogP contribution in [0.4, 0.5) is 4.39 Å². The monoisotopic (exact) mass is 343 g/mol. The van der Waals surface area contributed by atoms with Gasteiger partial charge in [-0.15, -0.1) is 0 Å². The van der Waals surface area contributed by atoms with Gasteiger partial charge in [0.2, 0.25) is 10.0 Å². The van der Waals surface area contributed by atoms with Crippen LogP contribution in [0.25, 0.3) is 0 Å². The number of benzene rings is 1. The van der Waals surface area contributed by atoms with Gasteiger partial charge in [0.1, 0.15) is 17.1 Å². The van der Waals surface area contributed by atoms with Crippen molar-refractivity contribution in [2.24, 2.45) is 0 Å². The molecule has 0 radical (unpaired) electrons. The fourth-order valence-corrected chi connectivity index (χ4v) is 2.91. The van der Waals surface area contributed by atoms with Crippen LogP contribution < -0.4 is 9.46 Å². The molecule has 7 nitrogen and oxygen atoms in total. The number of aryl methyl sites for hydroxylation is 1. The van der Waals surface area contributed by atoms with Gasteiger partial charge in [0.05, 0.1) is 18.6 Å². The lowest BCUT2D eigenvalue weighted by Crippen LogP contribution is -2.23. The lowest BCUT2D eigenvalue weighted by atomic mass is 10.2. The molecule has 1 aromatic heterocycles. The van der Waals surface area contributed by atoms with E-state index in [1.165, 1.54) is 32.2 Å². The Hall–Kier alpha value is -2.39. The number of methoxy groups -OCH3 is 1. The van der Waals surface area contributed by atoms with Crippen LogP contribution in [0.3, 0.4) is 0 Å². The van der Waals surface area contributed by atoms with E-state index >= 15 is 0 Å². The van der Waals surface area contributed by atoms with Crippen molar-refractivity contribution in [2.45, 2.75) is 18.4 Å². The lowest BCUT2D eigenvalue weighted by molar-refractivity contribution is 0.0695. The number of nitrogens with one attached hydrogen (secondary N) is 1. The summed E-state index contributed by atoms with van der Waals surface area (Å²) in [4.78, 5) is 10.6. The minimum Gasteiger partial charge on any atom is -0.494 e. The summed E-state index contributed by atoms with van der Waals surface area (Å²) in [6.45, 7) is 1.20. The molecule has 0 unspecified atom stereocenters. The van der Waals surface area contributed by atoms with Gasteiger partial charge in [0, 0.05) is 0 Å². The molecular formula is C14H14FNO6S. The van der Waals surface area contributed by atoms with Crippen LogP contribution in [0.15, 0.2) is 33.6 Å². The molecule has 0 aliphatic rings. The summed E-state index contributed by atoms with van der Waals surface area (Å²) in [6, 6.07) is 4.45. The van der Waals surface area contributed by atoms with E-state index < -0.39 is 21.8 Å². The summed E-state index contributed by atoms with van der Waals surface area (Å²) in [5.74, 6) is -1.74. The van der Waals surface area contributed by atoms with E-state index in [1.807, 2.05) is 0 Å². The Kier molecular flexibility index (Phi) is 4.71. The highest BCUT2D eigenvalue weighted by atomic mass is 32.2. The van der Waals surface area contributed by atoms with Crippen LogP contribution in [-0.2, 0) is 16.6 Å². The molecule has 0 fully saturated rings. The summed E-state index contributed by atoms with van der Waals surface area (Å²) in [5, 5.41) is 8.91. The molecule has 0 aliphatic heterocycles. The van der Waals surface area contributed by atoms with E-state index in [0.29, 0.717) is 0 Å². The number of aromatic carboxylic acids is 1. The molecule has 0 saturated carbocycles. The van der Waals surface area contributed by atoms with Crippen LogP contribution in [0.5, 0.6) is 5.75 Å². The molecule has 0 bridgehead atoms. The number of carbonyl (C=O) groups is 1. The normalized spacial score (nSPS) is 11.4. The highest BCUT2D eigenvalue weighted by Crippen LogP contribution is 2.21. The third-order valence-electron chi connectivity index (χ3n) is 3.07.